The molecule has 0 heterocycles. The van der Waals surface area contributed by atoms with Crippen molar-refractivity contribution in [2.45, 2.75) is 85.0 Å². The SMILES string of the molecule is CCCCC(C)C1(C)CCCCCCC1. The van der Waals surface area contributed by atoms with E-state index in [4.69, 9.17) is 0 Å². The molecule has 1 saturated carbocycles. The van der Waals surface area contributed by atoms with Crippen LogP contribution in [-0.2, 0) is 0 Å². The summed E-state index contributed by atoms with van der Waals surface area (Å²) in [5.74, 6) is 0.940. The van der Waals surface area contributed by atoms with Gasteiger partial charge in [0.05, 0.1) is 0 Å². The highest BCUT2D eigenvalue weighted by molar-refractivity contribution is 4.81. The Morgan fingerprint density at radius 1 is 1.00 bits per heavy atom. The Balaban J connectivity index is 2.44. The van der Waals surface area contributed by atoms with Crippen LogP contribution >= 0.6 is 0 Å². The molecule has 1 rings (SSSR count). The molecule has 0 amide bonds. The molecule has 0 aromatic heterocycles. The maximum Gasteiger partial charge on any atom is -0.0300 e. The molecular weight excluding hydrogens is 180 g/mol. The average molecular weight is 210 g/mol. The Bertz CT molecular complexity index is 151. The number of unbranched alkanes of at least 4 members (excludes halogenated alkanes) is 1. The Labute approximate surface area is 96.8 Å². The van der Waals surface area contributed by atoms with Gasteiger partial charge in [0.2, 0.25) is 0 Å². The van der Waals surface area contributed by atoms with Gasteiger partial charge in [-0.3, -0.25) is 0 Å². The molecule has 0 saturated heterocycles. The monoisotopic (exact) mass is 210 g/mol. The van der Waals surface area contributed by atoms with Crippen molar-refractivity contribution in [2.75, 3.05) is 0 Å². The van der Waals surface area contributed by atoms with Crippen LogP contribution in [0.3, 0.4) is 0 Å². The van der Waals surface area contributed by atoms with Crippen LogP contribution in [0.2, 0.25) is 0 Å². The van der Waals surface area contributed by atoms with Crippen LogP contribution in [0.1, 0.15) is 85.0 Å². The first-order valence-corrected chi connectivity index (χ1v) is 7.19. The molecular formula is C15H30. The molecule has 0 radical (unpaired) electrons. The predicted molar refractivity (Wildman–Crippen MR) is 69.1 cm³/mol. The van der Waals surface area contributed by atoms with E-state index in [0.717, 1.165) is 5.92 Å². The van der Waals surface area contributed by atoms with Gasteiger partial charge in [-0.15, -0.1) is 0 Å². The van der Waals surface area contributed by atoms with Crippen LogP contribution in [0.4, 0.5) is 0 Å². The molecule has 0 aliphatic heterocycles. The van der Waals surface area contributed by atoms with Gasteiger partial charge >= 0.3 is 0 Å². The zero-order valence-corrected chi connectivity index (χ0v) is 11.1. The van der Waals surface area contributed by atoms with Gasteiger partial charge in [-0.05, 0) is 24.2 Å². The van der Waals surface area contributed by atoms with Gasteiger partial charge in [0.1, 0.15) is 0 Å². The van der Waals surface area contributed by atoms with Gasteiger partial charge in [-0.2, -0.15) is 0 Å². The molecule has 1 atom stereocenters. The van der Waals surface area contributed by atoms with E-state index < -0.39 is 0 Å². The standard InChI is InChI=1S/C15H30/c1-4-5-11-14(2)15(3)12-9-7-6-8-10-13-15/h14H,4-13H2,1-3H3. The lowest BCUT2D eigenvalue weighted by molar-refractivity contribution is 0.137. The van der Waals surface area contributed by atoms with Crippen molar-refractivity contribution in [1.82, 2.24) is 0 Å². The number of hydrogen-bond donors (Lipinski definition) is 0. The van der Waals surface area contributed by atoms with Crippen LogP contribution in [-0.4, -0.2) is 0 Å². The summed E-state index contributed by atoms with van der Waals surface area (Å²) in [6.07, 6.45) is 14.6. The van der Waals surface area contributed by atoms with E-state index in [0.29, 0.717) is 5.41 Å². The van der Waals surface area contributed by atoms with E-state index >= 15 is 0 Å². The molecule has 1 aliphatic carbocycles. The summed E-state index contributed by atoms with van der Waals surface area (Å²) < 4.78 is 0. The summed E-state index contributed by atoms with van der Waals surface area (Å²) in [5, 5.41) is 0. The summed E-state index contributed by atoms with van der Waals surface area (Å²) in [6, 6.07) is 0. The van der Waals surface area contributed by atoms with Gasteiger partial charge in [0.15, 0.2) is 0 Å². The fourth-order valence-electron chi connectivity index (χ4n) is 3.06. The number of hydrogen-bond acceptors (Lipinski definition) is 0. The summed E-state index contributed by atoms with van der Waals surface area (Å²) >= 11 is 0. The topological polar surface area (TPSA) is 0 Å². The summed E-state index contributed by atoms with van der Waals surface area (Å²) in [5.41, 5.74) is 0.662. The van der Waals surface area contributed by atoms with Crippen LogP contribution in [0.5, 0.6) is 0 Å². The van der Waals surface area contributed by atoms with E-state index in [1.54, 1.807) is 0 Å². The minimum absolute atomic E-state index is 0.662. The van der Waals surface area contributed by atoms with Crippen molar-refractivity contribution in [3.63, 3.8) is 0 Å². The second-order valence-electron chi connectivity index (χ2n) is 5.97. The maximum absolute atomic E-state index is 2.55. The van der Waals surface area contributed by atoms with E-state index in [2.05, 4.69) is 20.8 Å². The Morgan fingerprint density at radius 2 is 1.53 bits per heavy atom. The van der Waals surface area contributed by atoms with Crippen LogP contribution in [0.15, 0.2) is 0 Å². The van der Waals surface area contributed by atoms with Crippen LogP contribution in [0.25, 0.3) is 0 Å². The van der Waals surface area contributed by atoms with Crippen molar-refractivity contribution in [1.29, 1.82) is 0 Å². The lowest BCUT2D eigenvalue weighted by atomic mass is 9.68. The van der Waals surface area contributed by atoms with Gasteiger partial charge < -0.3 is 0 Å². The van der Waals surface area contributed by atoms with Gasteiger partial charge in [-0.1, -0.05) is 72.1 Å². The third-order valence-electron chi connectivity index (χ3n) is 4.68. The maximum atomic E-state index is 2.55. The molecule has 0 N–H and O–H groups in total. The second kappa shape index (κ2) is 6.55. The highest BCUT2D eigenvalue weighted by Gasteiger charge is 2.30. The van der Waals surface area contributed by atoms with E-state index in [1.807, 2.05) is 0 Å². The van der Waals surface area contributed by atoms with Crippen LogP contribution < -0.4 is 0 Å². The third-order valence-corrected chi connectivity index (χ3v) is 4.68. The predicted octanol–water partition coefficient (Wildman–Crippen LogP) is 5.56. The summed E-state index contributed by atoms with van der Waals surface area (Å²) in [4.78, 5) is 0. The Morgan fingerprint density at radius 3 is 2.07 bits per heavy atom. The third kappa shape index (κ3) is 4.17. The second-order valence-corrected chi connectivity index (χ2v) is 5.97. The fraction of sp³-hybridized carbons (Fsp3) is 1.00. The van der Waals surface area contributed by atoms with E-state index in [1.165, 1.54) is 64.2 Å². The van der Waals surface area contributed by atoms with E-state index in [-0.39, 0.29) is 0 Å². The Hall–Kier alpha value is 0. The smallest absolute Gasteiger partial charge is 0.0300 e. The molecule has 1 fully saturated rings. The van der Waals surface area contributed by atoms with E-state index in [9.17, 15) is 0 Å². The van der Waals surface area contributed by atoms with Crippen LogP contribution in [0, 0.1) is 11.3 Å². The minimum Gasteiger partial charge on any atom is -0.0654 e. The van der Waals surface area contributed by atoms with Crippen molar-refractivity contribution in [3.05, 3.63) is 0 Å². The zero-order chi connectivity index (χ0) is 11.1. The molecule has 1 aliphatic rings. The first-order valence-electron chi connectivity index (χ1n) is 7.19. The molecule has 0 aromatic carbocycles. The van der Waals surface area contributed by atoms with Crippen molar-refractivity contribution < 1.29 is 0 Å². The summed E-state index contributed by atoms with van der Waals surface area (Å²) in [6.45, 7) is 7.36. The quantitative estimate of drug-likeness (QED) is 0.569. The average Bonchev–Trinajstić information content (AvgIpc) is 2.20. The molecule has 0 nitrogen and oxygen atoms in total. The largest absolute Gasteiger partial charge is 0.0654 e. The highest BCUT2D eigenvalue weighted by atomic mass is 14.4. The fourth-order valence-corrected chi connectivity index (χ4v) is 3.06. The number of rotatable bonds is 4. The molecule has 90 valence electrons. The Kier molecular flexibility index (Phi) is 5.71. The molecule has 1 unspecified atom stereocenters. The molecule has 0 spiro atoms. The van der Waals surface area contributed by atoms with Crippen molar-refractivity contribution in [2.24, 2.45) is 11.3 Å². The molecule has 15 heavy (non-hydrogen) atoms. The lowest BCUT2D eigenvalue weighted by Crippen LogP contribution is -2.26. The molecule has 0 bridgehead atoms. The normalized spacial score (nSPS) is 24.2. The molecule has 0 aromatic rings. The lowest BCUT2D eigenvalue weighted by Gasteiger charge is -2.37. The van der Waals surface area contributed by atoms with Crippen molar-refractivity contribution >= 4 is 0 Å². The van der Waals surface area contributed by atoms with Gasteiger partial charge in [0.25, 0.3) is 0 Å². The van der Waals surface area contributed by atoms with Crippen molar-refractivity contribution in [3.8, 4) is 0 Å². The van der Waals surface area contributed by atoms with Gasteiger partial charge in [-0.25, -0.2) is 0 Å². The molecule has 0 heteroatoms. The summed E-state index contributed by atoms with van der Waals surface area (Å²) in [7, 11) is 0. The highest BCUT2D eigenvalue weighted by Crippen LogP contribution is 2.42. The first kappa shape index (κ1) is 13.1. The zero-order valence-electron chi connectivity index (χ0n) is 11.1. The minimum atomic E-state index is 0.662. The van der Waals surface area contributed by atoms with Gasteiger partial charge in [0, 0.05) is 0 Å². The first-order chi connectivity index (χ1) is 7.19.